The molecule has 1 N–H and O–H groups in total. The molecule has 1 aliphatic rings. The van der Waals surface area contributed by atoms with Crippen molar-refractivity contribution < 1.29 is 0 Å². The molecule has 0 aliphatic heterocycles. The molecule has 4 aromatic rings. The number of nitrogens with one attached hydrogen (secondary N) is 1. The van der Waals surface area contributed by atoms with Crippen LogP contribution in [-0.2, 0) is 31.7 Å². The van der Waals surface area contributed by atoms with Gasteiger partial charge in [-0.2, -0.15) is 0 Å². The highest BCUT2D eigenvalue weighted by atomic mass is 14.9. The molecule has 0 atom stereocenters. The molecule has 0 bridgehead atoms. The van der Waals surface area contributed by atoms with Crippen molar-refractivity contribution in [3.8, 4) is 0 Å². The third-order valence-electron chi connectivity index (χ3n) is 7.48. The van der Waals surface area contributed by atoms with E-state index in [1.165, 1.54) is 33.5 Å². The van der Waals surface area contributed by atoms with E-state index in [9.17, 15) is 0 Å². The van der Waals surface area contributed by atoms with Gasteiger partial charge < -0.3 is 9.88 Å². The molecular formula is C32H34N2. The normalized spacial score (nSPS) is 13.7. The summed E-state index contributed by atoms with van der Waals surface area (Å²) in [5, 5.41) is 3.78. The molecule has 0 fully saturated rings. The highest BCUT2D eigenvalue weighted by Gasteiger charge is 2.42. The van der Waals surface area contributed by atoms with Crippen LogP contribution in [0, 0.1) is 0 Å². The molecule has 1 heterocycles. The number of allylic oxidation sites excluding steroid dienone is 1. The first-order chi connectivity index (χ1) is 16.7. The van der Waals surface area contributed by atoms with Crippen LogP contribution in [0.4, 0.5) is 0 Å². The summed E-state index contributed by atoms with van der Waals surface area (Å²) in [4.78, 5) is 0. The molecule has 0 saturated heterocycles. The fraction of sp³-hybridized carbons (Fsp3) is 0.250. The Morgan fingerprint density at radius 1 is 0.824 bits per heavy atom. The van der Waals surface area contributed by atoms with E-state index in [0.29, 0.717) is 0 Å². The fourth-order valence-electron chi connectivity index (χ4n) is 5.73. The predicted octanol–water partition coefficient (Wildman–Crippen LogP) is 6.58. The Bertz CT molecular complexity index is 1220. The zero-order chi connectivity index (χ0) is 23.4. The van der Waals surface area contributed by atoms with Crippen molar-refractivity contribution in [2.24, 2.45) is 7.05 Å². The number of benzene rings is 3. The van der Waals surface area contributed by atoms with Crippen molar-refractivity contribution in [3.05, 3.63) is 143 Å². The maximum atomic E-state index is 4.70. The van der Waals surface area contributed by atoms with Gasteiger partial charge >= 0.3 is 0 Å². The molecular weight excluding hydrogens is 412 g/mol. The third-order valence-corrected chi connectivity index (χ3v) is 7.48. The number of rotatable bonds is 9. The second kappa shape index (κ2) is 9.77. The Morgan fingerprint density at radius 2 is 1.47 bits per heavy atom. The average molecular weight is 447 g/mol. The first-order valence-electron chi connectivity index (χ1n) is 12.4. The number of aryl methyl sites for hydroxylation is 2. The first kappa shape index (κ1) is 22.3. The summed E-state index contributed by atoms with van der Waals surface area (Å²) >= 11 is 0. The fourth-order valence-corrected chi connectivity index (χ4v) is 5.73. The van der Waals surface area contributed by atoms with Gasteiger partial charge in [-0.3, -0.25) is 0 Å². The van der Waals surface area contributed by atoms with Gasteiger partial charge in [0.05, 0.1) is 5.41 Å². The standard InChI is InChI=1S/C32H34N2/c1-25(33-22-20-29-17-11-23-34(29)2)32(21-10-14-26-12-4-3-5-13-26)30-18-8-6-15-27(30)24-28-16-7-9-19-31(28)32/h3-9,11-13,15-19,23,33H,1,10,14,20-22,24H2,2H3. The Hall–Kier alpha value is -3.52. The molecule has 2 heteroatoms. The van der Waals surface area contributed by atoms with Crippen molar-refractivity contribution in [2.45, 2.75) is 37.5 Å². The van der Waals surface area contributed by atoms with Crippen LogP contribution < -0.4 is 5.32 Å². The quantitative estimate of drug-likeness (QED) is 0.307. The molecule has 1 aliphatic carbocycles. The van der Waals surface area contributed by atoms with Crippen molar-refractivity contribution in [3.63, 3.8) is 0 Å². The van der Waals surface area contributed by atoms with Gasteiger partial charge in [-0.25, -0.2) is 0 Å². The highest BCUT2D eigenvalue weighted by Crippen LogP contribution is 2.48. The van der Waals surface area contributed by atoms with Gasteiger partial charge in [0.1, 0.15) is 0 Å². The molecule has 2 nitrogen and oxygen atoms in total. The number of aromatic nitrogens is 1. The summed E-state index contributed by atoms with van der Waals surface area (Å²) in [5.74, 6) is 0. The van der Waals surface area contributed by atoms with Crippen molar-refractivity contribution in [1.82, 2.24) is 9.88 Å². The lowest BCUT2D eigenvalue weighted by Gasteiger charge is -2.43. The van der Waals surface area contributed by atoms with E-state index < -0.39 is 0 Å². The lowest BCUT2D eigenvalue weighted by Crippen LogP contribution is -2.41. The van der Waals surface area contributed by atoms with E-state index in [0.717, 1.165) is 44.3 Å². The predicted molar refractivity (Wildman–Crippen MR) is 142 cm³/mol. The van der Waals surface area contributed by atoms with Crippen LogP contribution in [-0.4, -0.2) is 11.1 Å². The second-order valence-corrected chi connectivity index (χ2v) is 9.50. The SMILES string of the molecule is C=C(NCCc1cccn1C)C1(CCCc2ccccc2)c2ccccc2Cc2ccccc21. The minimum atomic E-state index is -0.228. The smallest absolute Gasteiger partial charge is 0.0597 e. The molecule has 1 aromatic heterocycles. The summed E-state index contributed by atoms with van der Waals surface area (Å²) < 4.78 is 2.20. The Balaban J connectivity index is 1.48. The molecule has 0 spiro atoms. The topological polar surface area (TPSA) is 17.0 Å². The minimum absolute atomic E-state index is 0.228. The van der Waals surface area contributed by atoms with Crippen LogP contribution in [0.5, 0.6) is 0 Å². The van der Waals surface area contributed by atoms with Gasteiger partial charge in [-0.05, 0) is 65.6 Å². The molecule has 0 unspecified atom stereocenters. The zero-order valence-corrected chi connectivity index (χ0v) is 20.1. The van der Waals surface area contributed by atoms with Gasteiger partial charge in [-0.15, -0.1) is 0 Å². The number of hydrogen-bond donors (Lipinski definition) is 1. The Labute approximate surface area is 204 Å². The average Bonchev–Trinajstić information content (AvgIpc) is 3.28. The largest absolute Gasteiger partial charge is 0.387 e. The van der Waals surface area contributed by atoms with Crippen LogP contribution in [0.25, 0.3) is 0 Å². The molecule has 0 saturated carbocycles. The van der Waals surface area contributed by atoms with Gasteiger partial charge in [0.25, 0.3) is 0 Å². The highest BCUT2D eigenvalue weighted by molar-refractivity contribution is 5.58. The lowest BCUT2D eigenvalue weighted by atomic mass is 9.62. The van der Waals surface area contributed by atoms with E-state index in [1.54, 1.807) is 0 Å². The zero-order valence-electron chi connectivity index (χ0n) is 20.1. The molecule has 172 valence electrons. The summed E-state index contributed by atoms with van der Waals surface area (Å²) in [6.45, 7) is 5.57. The maximum absolute atomic E-state index is 4.70. The van der Waals surface area contributed by atoms with Gasteiger partial charge in [0.2, 0.25) is 0 Å². The third kappa shape index (κ3) is 4.21. The Morgan fingerprint density at radius 3 is 2.12 bits per heavy atom. The minimum Gasteiger partial charge on any atom is -0.387 e. The van der Waals surface area contributed by atoms with Crippen LogP contribution in [0.15, 0.2) is 109 Å². The van der Waals surface area contributed by atoms with Crippen LogP contribution in [0.1, 0.15) is 46.4 Å². The maximum Gasteiger partial charge on any atom is 0.0597 e. The number of nitrogens with zero attached hydrogens (tertiary/aromatic N) is 1. The van der Waals surface area contributed by atoms with Crippen molar-refractivity contribution in [1.29, 1.82) is 0 Å². The van der Waals surface area contributed by atoms with Crippen molar-refractivity contribution >= 4 is 0 Å². The monoisotopic (exact) mass is 446 g/mol. The van der Waals surface area contributed by atoms with E-state index in [4.69, 9.17) is 6.58 Å². The van der Waals surface area contributed by atoms with E-state index >= 15 is 0 Å². The van der Waals surface area contributed by atoms with E-state index in [2.05, 4.69) is 114 Å². The first-order valence-corrected chi connectivity index (χ1v) is 12.4. The van der Waals surface area contributed by atoms with Gasteiger partial charge in [-0.1, -0.05) is 85.4 Å². The van der Waals surface area contributed by atoms with Crippen molar-refractivity contribution in [2.75, 3.05) is 6.54 Å². The summed E-state index contributed by atoms with van der Waals surface area (Å²) in [5.41, 5.74) is 9.30. The van der Waals surface area contributed by atoms with E-state index in [1.807, 2.05) is 0 Å². The molecule has 5 rings (SSSR count). The van der Waals surface area contributed by atoms with Gasteiger partial charge in [0.15, 0.2) is 0 Å². The molecule has 0 amide bonds. The second-order valence-electron chi connectivity index (χ2n) is 9.50. The lowest BCUT2D eigenvalue weighted by molar-refractivity contribution is 0.475. The van der Waals surface area contributed by atoms with Crippen LogP contribution in [0.3, 0.4) is 0 Å². The van der Waals surface area contributed by atoms with Crippen LogP contribution in [0.2, 0.25) is 0 Å². The summed E-state index contributed by atoms with van der Waals surface area (Å²) in [7, 11) is 2.11. The summed E-state index contributed by atoms with van der Waals surface area (Å²) in [6, 6.07) is 33.2. The summed E-state index contributed by atoms with van der Waals surface area (Å²) in [6.07, 6.45) is 7.29. The molecule has 0 radical (unpaired) electrons. The molecule has 3 aromatic carbocycles. The van der Waals surface area contributed by atoms with Gasteiger partial charge in [0, 0.05) is 37.6 Å². The molecule has 34 heavy (non-hydrogen) atoms. The number of fused-ring (bicyclic) bond motifs is 2. The van der Waals surface area contributed by atoms with Crippen LogP contribution >= 0.6 is 0 Å². The Kier molecular flexibility index (Phi) is 6.40. The number of hydrogen-bond acceptors (Lipinski definition) is 1. The van der Waals surface area contributed by atoms with E-state index in [-0.39, 0.29) is 5.41 Å².